The van der Waals surface area contributed by atoms with Gasteiger partial charge in [-0.2, -0.15) is 5.10 Å². The van der Waals surface area contributed by atoms with Crippen LogP contribution in [0.15, 0.2) is 72.9 Å². The maximum Gasteiger partial charge on any atom is 0.328 e. The van der Waals surface area contributed by atoms with Gasteiger partial charge in [0.15, 0.2) is 0 Å². The SMILES string of the molecule is COc1ccc(-c2nn(-c3ccccc3)cc2CN(C)C(=O)C=CC(=O)O)cc1. The zero-order valence-electron chi connectivity index (χ0n) is 16.1. The van der Waals surface area contributed by atoms with Crippen LogP contribution in [0, 0.1) is 0 Å². The first kappa shape index (κ1) is 19.9. The fourth-order valence-corrected chi connectivity index (χ4v) is 2.83. The summed E-state index contributed by atoms with van der Waals surface area (Å²) in [6.07, 6.45) is 3.74. The molecule has 1 aromatic heterocycles. The maximum absolute atomic E-state index is 12.2. The molecule has 0 atom stereocenters. The number of methoxy groups -OCH3 is 1. The van der Waals surface area contributed by atoms with Crippen molar-refractivity contribution in [2.24, 2.45) is 0 Å². The van der Waals surface area contributed by atoms with Crippen LogP contribution in [-0.2, 0) is 16.1 Å². The Hall–Kier alpha value is -3.87. The van der Waals surface area contributed by atoms with Crippen molar-refractivity contribution in [3.8, 4) is 22.7 Å². The van der Waals surface area contributed by atoms with E-state index in [1.807, 2.05) is 60.8 Å². The van der Waals surface area contributed by atoms with Crippen LogP contribution in [0.25, 0.3) is 16.9 Å². The standard InChI is InChI=1S/C22H21N3O4/c1-24(20(26)12-13-21(27)28)14-17-15-25(18-6-4-3-5-7-18)23-22(17)16-8-10-19(29-2)11-9-16/h3-13,15H,14H2,1-2H3,(H,27,28). The van der Waals surface area contributed by atoms with Crippen molar-refractivity contribution in [1.82, 2.24) is 14.7 Å². The minimum Gasteiger partial charge on any atom is -0.497 e. The molecular formula is C22H21N3O4. The van der Waals surface area contributed by atoms with Gasteiger partial charge in [-0.1, -0.05) is 18.2 Å². The number of carboxylic acids is 1. The highest BCUT2D eigenvalue weighted by atomic mass is 16.5. The van der Waals surface area contributed by atoms with E-state index in [9.17, 15) is 9.59 Å². The quantitative estimate of drug-likeness (QED) is 0.626. The Bertz CT molecular complexity index is 1020. The third kappa shape index (κ3) is 4.90. The molecule has 7 nitrogen and oxygen atoms in total. The first-order chi connectivity index (χ1) is 14.0. The number of carbonyl (C=O) groups is 2. The Morgan fingerprint density at radius 3 is 2.41 bits per heavy atom. The molecule has 0 spiro atoms. The van der Waals surface area contributed by atoms with E-state index in [0.717, 1.165) is 40.4 Å². The highest BCUT2D eigenvalue weighted by Crippen LogP contribution is 2.26. The van der Waals surface area contributed by atoms with Gasteiger partial charge in [0.2, 0.25) is 5.91 Å². The molecule has 1 N–H and O–H groups in total. The minimum atomic E-state index is -1.16. The Morgan fingerprint density at radius 1 is 1.10 bits per heavy atom. The Balaban J connectivity index is 1.96. The van der Waals surface area contributed by atoms with Crippen LogP contribution in [-0.4, -0.2) is 45.8 Å². The number of hydrogen-bond donors (Lipinski definition) is 1. The number of likely N-dealkylation sites (N-methyl/N-ethyl adjacent to an activating group) is 1. The summed E-state index contributed by atoms with van der Waals surface area (Å²) >= 11 is 0. The number of aromatic nitrogens is 2. The molecule has 0 fully saturated rings. The number of para-hydroxylation sites is 1. The van der Waals surface area contributed by atoms with Gasteiger partial charge in [-0.05, 0) is 36.4 Å². The number of carbonyl (C=O) groups excluding carboxylic acids is 1. The van der Waals surface area contributed by atoms with Crippen LogP contribution in [0.2, 0.25) is 0 Å². The smallest absolute Gasteiger partial charge is 0.328 e. The molecule has 1 amide bonds. The van der Waals surface area contributed by atoms with Crippen LogP contribution in [0.4, 0.5) is 0 Å². The predicted octanol–water partition coefficient (Wildman–Crippen LogP) is 3.15. The topological polar surface area (TPSA) is 84.7 Å². The van der Waals surface area contributed by atoms with Crippen LogP contribution in [0.3, 0.4) is 0 Å². The molecule has 29 heavy (non-hydrogen) atoms. The second-order valence-corrected chi connectivity index (χ2v) is 6.38. The number of carboxylic acid groups (broad SMARTS) is 1. The van der Waals surface area contributed by atoms with E-state index in [-0.39, 0.29) is 6.54 Å². The van der Waals surface area contributed by atoms with Gasteiger partial charge in [-0.3, -0.25) is 4.79 Å². The van der Waals surface area contributed by atoms with Gasteiger partial charge in [-0.15, -0.1) is 0 Å². The van der Waals surface area contributed by atoms with E-state index >= 15 is 0 Å². The highest BCUT2D eigenvalue weighted by molar-refractivity contribution is 5.93. The van der Waals surface area contributed by atoms with Gasteiger partial charge in [0.25, 0.3) is 0 Å². The van der Waals surface area contributed by atoms with Crippen LogP contribution in [0.1, 0.15) is 5.56 Å². The monoisotopic (exact) mass is 391 g/mol. The Labute approximate surface area is 168 Å². The summed E-state index contributed by atoms with van der Waals surface area (Å²) in [5, 5.41) is 13.4. The molecule has 7 heteroatoms. The third-order valence-electron chi connectivity index (χ3n) is 4.33. The van der Waals surface area contributed by atoms with E-state index < -0.39 is 11.9 Å². The zero-order valence-corrected chi connectivity index (χ0v) is 16.1. The maximum atomic E-state index is 12.2. The van der Waals surface area contributed by atoms with Gasteiger partial charge in [0.1, 0.15) is 5.75 Å². The molecule has 3 aromatic rings. The van der Waals surface area contributed by atoms with E-state index in [0.29, 0.717) is 0 Å². The largest absolute Gasteiger partial charge is 0.497 e. The lowest BCUT2D eigenvalue weighted by Crippen LogP contribution is -2.24. The van der Waals surface area contributed by atoms with Crippen molar-refractivity contribution < 1.29 is 19.4 Å². The summed E-state index contributed by atoms with van der Waals surface area (Å²) in [4.78, 5) is 24.3. The number of rotatable bonds is 7. The fraction of sp³-hybridized carbons (Fsp3) is 0.136. The first-order valence-corrected chi connectivity index (χ1v) is 8.92. The number of hydrogen-bond acceptors (Lipinski definition) is 4. The second-order valence-electron chi connectivity index (χ2n) is 6.38. The van der Waals surface area contributed by atoms with Crippen LogP contribution in [0.5, 0.6) is 5.75 Å². The molecule has 0 saturated heterocycles. The Morgan fingerprint density at radius 2 is 1.79 bits per heavy atom. The van der Waals surface area contributed by atoms with Gasteiger partial charge >= 0.3 is 5.97 Å². The van der Waals surface area contributed by atoms with Gasteiger partial charge in [0.05, 0.1) is 18.5 Å². The van der Waals surface area contributed by atoms with Crippen molar-refractivity contribution in [1.29, 1.82) is 0 Å². The molecule has 0 unspecified atom stereocenters. The van der Waals surface area contributed by atoms with Crippen molar-refractivity contribution in [3.05, 3.63) is 78.5 Å². The number of benzene rings is 2. The lowest BCUT2D eigenvalue weighted by molar-refractivity contribution is -0.132. The zero-order chi connectivity index (χ0) is 20.8. The predicted molar refractivity (Wildman–Crippen MR) is 109 cm³/mol. The van der Waals surface area contributed by atoms with Gasteiger partial charge in [0, 0.05) is 43.1 Å². The normalized spacial score (nSPS) is 10.8. The summed E-state index contributed by atoms with van der Waals surface area (Å²) in [7, 11) is 3.22. The van der Waals surface area contributed by atoms with Crippen LogP contribution >= 0.6 is 0 Å². The number of aliphatic carboxylic acids is 1. The van der Waals surface area contributed by atoms with Crippen molar-refractivity contribution in [2.45, 2.75) is 6.54 Å². The van der Waals surface area contributed by atoms with Gasteiger partial charge in [-0.25, -0.2) is 9.48 Å². The minimum absolute atomic E-state index is 0.275. The van der Waals surface area contributed by atoms with E-state index in [1.54, 1.807) is 18.8 Å². The molecule has 1 heterocycles. The molecular weight excluding hydrogens is 370 g/mol. The summed E-state index contributed by atoms with van der Waals surface area (Å²) in [5.74, 6) is -0.827. The van der Waals surface area contributed by atoms with Crippen molar-refractivity contribution >= 4 is 11.9 Å². The lowest BCUT2D eigenvalue weighted by Gasteiger charge is -2.15. The van der Waals surface area contributed by atoms with E-state index in [1.165, 1.54) is 4.90 Å². The number of ether oxygens (including phenoxy) is 1. The summed E-state index contributed by atoms with van der Waals surface area (Å²) in [5.41, 5.74) is 3.35. The van der Waals surface area contributed by atoms with Crippen molar-refractivity contribution in [2.75, 3.05) is 14.2 Å². The van der Waals surface area contributed by atoms with E-state index in [2.05, 4.69) is 0 Å². The second kappa shape index (κ2) is 8.88. The molecule has 0 aliphatic carbocycles. The van der Waals surface area contributed by atoms with Crippen molar-refractivity contribution in [3.63, 3.8) is 0 Å². The van der Waals surface area contributed by atoms with Crippen LogP contribution < -0.4 is 4.74 Å². The lowest BCUT2D eigenvalue weighted by atomic mass is 10.1. The average Bonchev–Trinajstić information content (AvgIpc) is 3.16. The summed E-state index contributed by atoms with van der Waals surface area (Å²) in [6, 6.07) is 17.2. The third-order valence-corrected chi connectivity index (χ3v) is 4.33. The molecule has 0 radical (unpaired) electrons. The average molecular weight is 391 g/mol. The summed E-state index contributed by atoms with van der Waals surface area (Å²) in [6.45, 7) is 0.275. The highest BCUT2D eigenvalue weighted by Gasteiger charge is 2.16. The molecule has 0 bridgehead atoms. The molecule has 0 aliphatic rings. The number of amides is 1. The molecule has 148 valence electrons. The fourth-order valence-electron chi connectivity index (χ4n) is 2.83. The summed E-state index contributed by atoms with van der Waals surface area (Å²) < 4.78 is 6.98. The Kier molecular flexibility index (Phi) is 6.09. The molecule has 0 saturated carbocycles. The first-order valence-electron chi connectivity index (χ1n) is 8.92. The number of nitrogens with zero attached hydrogens (tertiary/aromatic N) is 3. The molecule has 3 rings (SSSR count). The van der Waals surface area contributed by atoms with E-state index in [4.69, 9.17) is 14.9 Å². The molecule has 2 aromatic carbocycles. The van der Waals surface area contributed by atoms with Gasteiger partial charge < -0.3 is 14.7 Å². The molecule has 0 aliphatic heterocycles.